The first-order valence-electron chi connectivity index (χ1n) is 4.69. The van der Waals surface area contributed by atoms with Crippen molar-refractivity contribution in [2.75, 3.05) is 0 Å². The number of hydrogen-bond acceptors (Lipinski definition) is 4. The molecule has 2 rings (SSSR count). The molecule has 0 aliphatic rings. The van der Waals surface area contributed by atoms with Gasteiger partial charge in [0.2, 0.25) is 0 Å². The zero-order chi connectivity index (χ0) is 11.7. The van der Waals surface area contributed by atoms with E-state index < -0.39 is 5.97 Å². The molecular formula is C10H10N4O2. The highest BCUT2D eigenvalue weighted by molar-refractivity contribution is 5.86. The summed E-state index contributed by atoms with van der Waals surface area (Å²) in [4.78, 5) is 15.0. The van der Waals surface area contributed by atoms with Crippen LogP contribution in [0.2, 0.25) is 0 Å². The molecular weight excluding hydrogens is 208 g/mol. The average molecular weight is 218 g/mol. The van der Waals surface area contributed by atoms with E-state index >= 15 is 0 Å². The maximum Gasteiger partial charge on any atom is 0.358 e. The van der Waals surface area contributed by atoms with Gasteiger partial charge < -0.3 is 5.11 Å². The molecule has 0 fully saturated rings. The van der Waals surface area contributed by atoms with E-state index in [0.717, 1.165) is 5.69 Å². The van der Waals surface area contributed by atoms with Crippen molar-refractivity contribution in [1.29, 1.82) is 0 Å². The number of carboxylic acid groups (broad SMARTS) is 1. The summed E-state index contributed by atoms with van der Waals surface area (Å²) in [7, 11) is 0. The Morgan fingerprint density at radius 1 is 1.38 bits per heavy atom. The van der Waals surface area contributed by atoms with Gasteiger partial charge in [-0.05, 0) is 26.0 Å². The molecule has 6 nitrogen and oxygen atoms in total. The fourth-order valence-corrected chi connectivity index (χ4v) is 1.39. The van der Waals surface area contributed by atoms with Gasteiger partial charge in [-0.25, -0.2) is 9.78 Å². The highest BCUT2D eigenvalue weighted by Gasteiger charge is 2.16. The van der Waals surface area contributed by atoms with Crippen LogP contribution in [0.4, 0.5) is 0 Å². The van der Waals surface area contributed by atoms with Crippen LogP contribution in [0, 0.1) is 13.8 Å². The highest BCUT2D eigenvalue weighted by Crippen LogP contribution is 2.10. The number of aromatic nitrogens is 4. The molecule has 0 saturated carbocycles. The first kappa shape index (κ1) is 10.3. The van der Waals surface area contributed by atoms with Crippen molar-refractivity contribution >= 4 is 5.97 Å². The van der Waals surface area contributed by atoms with E-state index in [1.807, 2.05) is 19.1 Å². The number of nitrogens with zero attached hydrogens (tertiary/aromatic N) is 4. The molecule has 0 aliphatic heterocycles. The van der Waals surface area contributed by atoms with Gasteiger partial charge in [0.25, 0.3) is 0 Å². The maximum atomic E-state index is 10.8. The van der Waals surface area contributed by atoms with E-state index in [9.17, 15) is 4.79 Å². The zero-order valence-electron chi connectivity index (χ0n) is 8.88. The molecule has 0 bridgehead atoms. The third-order valence-corrected chi connectivity index (χ3v) is 2.19. The minimum atomic E-state index is -1.09. The second-order valence-corrected chi connectivity index (χ2v) is 3.38. The lowest BCUT2D eigenvalue weighted by molar-refractivity contribution is 0.0689. The summed E-state index contributed by atoms with van der Waals surface area (Å²) in [6.07, 6.45) is 0. The lowest BCUT2D eigenvalue weighted by Crippen LogP contribution is -2.04. The molecule has 82 valence electrons. The van der Waals surface area contributed by atoms with E-state index in [2.05, 4.69) is 15.3 Å². The van der Waals surface area contributed by atoms with Gasteiger partial charge in [0.15, 0.2) is 11.5 Å². The predicted molar refractivity (Wildman–Crippen MR) is 55.6 cm³/mol. The monoisotopic (exact) mass is 218 g/mol. The summed E-state index contributed by atoms with van der Waals surface area (Å²) in [6, 6.07) is 5.44. The van der Waals surface area contributed by atoms with E-state index in [1.165, 1.54) is 4.68 Å². The predicted octanol–water partition coefficient (Wildman–Crippen LogP) is 0.977. The number of pyridine rings is 1. The summed E-state index contributed by atoms with van der Waals surface area (Å²) in [5.41, 5.74) is 1.25. The molecule has 2 aromatic heterocycles. The lowest BCUT2D eigenvalue weighted by Gasteiger charge is -2.02. The second-order valence-electron chi connectivity index (χ2n) is 3.38. The minimum Gasteiger partial charge on any atom is -0.476 e. The van der Waals surface area contributed by atoms with Crippen LogP contribution in [0.25, 0.3) is 5.82 Å². The molecule has 0 spiro atoms. The number of carboxylic acids is 1. The summed E-state index contributed by atoms with van der Waals surface area (Å²) in [6.45, 7) is 3.50. The Morgan fingerprint density at radius 2 is 2.12 bits per heavy atom. The van der Waals surface area contributed by atoms with Crippen LogP contribution < -0.4 is 0 Å². The van der Waals surface area contributed by atoms with Crippen LogP contribution in [-0.2, 0) is 0 Å². The number of aryl methyl sites for hydroxylation is 1. The molecule has 1 N–H and O–H groups in total. The molecule has 2 heterocycles. The molecule has 0 unspecified atom stereocenters. The Bertz CT molecular complexity index is 548. The molecule has 0 amide bonds. The van der Waals surface area contributed by atoms with E-state index in [-0.39, 0.29) is 5.69 Å². The van der Waals surface area contributed by atoms with Crippen LogP contribution in [0.15, 0.2) is 18.2 Å². The Balaban J connectivity index is 2.53. The fourth-order valence-electron chi connectivity index (χ4n) is 1.39. The second kappa shape index (κ2) is 3.73. The van der Waals surface area contributed by atoms with Gasteiger partial charge in [-0.15, -0.1) is 5.10 Å². The summed E-state index contributed by atoms with van der Waals surface area (Å²) in [5, 5.41) is 16.2. The number of carbonyl (C=O) groups is 1. The van der Waals surface area contributed by atoms with Gasteiger partial charge >= 0.3 is 5.97 Å². The number of rotatable bonds is 2. The Kier molecular flexibility index (Phi) is 2.40. The molecule has 0 aromatic carbocycles. The van der Waals surface area contributed by atoms with Crippen molar-refractivity contribution in [2.24, 2.45) is 0 Å². The molecule has 0 atom stereocenters. The topological polar surface area (TPSA) is 80.9 Å². The van der Waals surface area contributed by atoms with E-state index in [1.54, 1.807) is 13.0 Å². The zero-order valence-corrected chi connectivity index (χ0v) is 8.88. The molecule has 16 heavy (non-hydrogen) atoms. The minimum absolute atomic E-state index is 0.0525. The van der Waals surface area contributed by atoms with E-state index in [0.29, 0.717) is 11.5 Å². The summed E-state index contributed by atoms with van der Waals surface area (Å²) < 4.78 is 1.41. The van der Waals surface area contributed by atoms with Crippen molar-refractivity contribution in [1.82, 2.24) is 20.0 Å². The number of aromatic carboxylic acids is 1. The Morgan fingerprint density at radius 3 is 2.69 bits per heavy atom. The van der Waals surface area contributed by atoms with Gasteiger partial charge in [0.05, 0.1) is 5.69 Å². The quantitative estimate of drug-likeness (QED) is 0.812. The van der Waals surface area contributed by atoms with Crippen molar-refractivity contribution in [3.63, 3.8) is 0 Å². The average Bonchev–Trinajstić information content (AvgIpc) is 2.60. The molecule has 6 heteroatoms. The van der Waals surface area contributed by atoms with Gasteiger partial charge in [0.1, 0.15) is 0 Å². The van der Waals surface area contributed by atoms with Crippen molar-refractivity contribution in [3.05, 3.63) is 35.3 Å². The summed E-state index contributed by atoms with van der Waals surface area (Å²) >= 11 is 0. The molecule has 0 aliphatic carbocycles. The maximum absolute atomic E-state index is 10.8. The van der Waals surface area contributed by atoms with Crippen LogP contribution >= 0.6 is 0 Å². The van der Waals surface area contributed by atoms with Crippen molar-refractivity contribution in [2.45, 2.75) is 13.8 Å². The van der Waals surface area contributed by atoms with Gasteiger partial charge in [-0.1, -0.05) is 11.3 Å². The van der Waals surface area contributed by atoms with Gasteiger partial charge in [-0.2, -0.15) is 4.68 Å². The molecule has 0 radical (unpaired) electrons. The fraction of sp³-hybridized carbons (Fsp3) is 0.200. The van der Waals surface area contributed by atoms with Crippen LogP contribution in [0.3, 0.4) is 0 Å². The van der Waals surface area contributed by atoms with Gasteiger partial charge in [0, 0.05) is 5.69 Å². The first-order valence-corrected chi connectivity index (χ1v) is 4.69. The smallest absolute Gasteiger partial charge is 0.358 e. The largest absolute Gasteiger partial charge is 0.476 e. The Hall–Kier alpha value is -2.24. The molecule has 2 aromatic rings. The third kappa shape index (κ3) is 1.65. The highest BCUT2D eigenvalue weighted by atomic mass is 16.4. The third-order valence-electron chi connectivity index (χ3n) is 2.19. The SMILES string of the molecule is Cc1cccc(-n2nnc(C(=O)O)c2C)n1. The lowest BCUT2D eigenvalue weighted by atomic mass is 10.3. The van der Waals surface area contributed by atoms with Crippen molar-refractivity contribution < 1.29 is 9.90 Å². The number of hydrogen-bond donors (Lipinski definition) is 1. The van der Waals surface area contributed by atoms with Gasteiger partial charge in [-0.3, -0.25) is 0 Å². The Labute approximate surface area is 91.6 Å². The van der Waals surface area contributed by atoms with Crippen LogP contribution in [0.1, 0.15) is 21.9 Å². The standard InChI is InChI=1S/C10H10N4O2/c1-6-4-3-5-8(11-6)14-7(2)9(10(15)16)12-13-14/h3-5H,1-2H3,(H,15,16). The normalized spacial score (nSPS) is 10.4. The first-order chi connectivity index (χ1) is 7.59. The van der Waals surface area contributed by atoms with E-state index in [4.69, 9.17) is 5.11 Å². The van der Waals surface area contributed by atoms with Crippen LogP contribution in [-0.4, -0.2) is 31.1 Å². The molecule has 0 saturated heterocycles. The summed E-state index contributed by atoms with van der Waals surface area (Å²) in [5.74, 6) is -0.520. The van der Waals surface area contributed by atoms with Crippen molar-refractivity contribution in [3.8, 4) is 5.82 Å². The van der Waals surface area contributed by atoms with Crippen LogP contribution in [0.5, 0.6) is 0 Å².